The van der Waals surface area contributed by atoms with E-state index in [4.69, 9.17) is 9.16 Å². The summed E-state index contributed by atoms with van der Waals surface area (Å²) >= 11 is 0. The summed E-state index contributed by atoms with van der Waals surface area (Å²) in [6.45, 7) is 11.3. The molecule has 140 valence electrons. The lowest BCUT2D eigenvalue weighted by molar-refractivity contribution is -0.0234. The van der Waals surface area contributed by atoms with Crippen LogP contribution in [0.15, 0.2) is 30.3 Å². The minimum atomic E-state index is -1.89. The van der Waals surface area contributed by atoms with Crippen LogP contribution in [-0.2, 0) is 9.16 Å². The van der Waals surface area contributed by atoms with Gasteiger partial charge in [-0.15, -0.1) is 0 Å². The first-order chi connectivity index (χ1) is 11.7. The van der Waals surface area contributed by atoms with Crippen molar-refractivity contribution in [3.05, 3.63) is 35.9 Å². The Balaban J connectivity index is 2.13. The van der Waals surface area contributed by atoms with E-state index >= 15 is 0 Å². The molecule has 2 rings (SSSR count). The lowest BCUT2D eigenvalue weighted by Crippen LogP contribution is -2.48. The number of rotatable bonds is 4. The number of esters is 1. The second-order valence-electron chi connectivity index (χ2n) is 8.72. The Kier molecular flexibility index (Phi) is 6.86. The molecule has 0 radical (unpaired) electrons. The molecule has 0 aromatic heterocycles. The molecule has 1 aromatic rings. The van der Waals surface area contributed by atoms with Gasteiger partial charge in [-0.25, -0.2) is 4.79 Å². The predicted octanol–water partition coefficient (Wildman–Crippen LogP) is 5.96. The number of hydrogen-bond donors (Lipinski definition) is 0. The molecular formula is C21H34O3Si. The van der Waals surface area contributed by atoms with E-state index in [1.54, 1.807) is 0 Å². The van der Waals surface area contributed by atoms with Gasteiger partial charge in [0.05, 0.1) is 11.7 Å². The average molecular weight is 363 g/mol. The van der Waals surface area contributed by atoms with Gasteiger partial charge in [-0.3, -0.25) is 0 Å². The van der Waals surface area contributed by atoms with E-state index in [1.165, 1.54) is 12.8 Å². The van der Waals surface area contributed by atoms with E-state index in [0.717, 1.165) is 25.7 Å². The molecule has 3 nitrogen and oxygen atoms in total. The molecule has 1 fully saturated rings. The summed E-state index contributed by atoms with van der Waals surface area (Å²) in [6.07, 6.45) is 6.49. The molecule has 0 heterocycles. The third-order valence-corrected chi connectivity index (χ3v) is 10.2. The number of benzene rings is 1. The fourth-order valence-corrected chi connectivity index (χ4v) is 4.40. The predicted molar refractivity (Wildman–Crippen MR) is 105 cm³/mol. The van der Waals surface area contributed by atoms with E-state index in [-0.39, 0.29) is 23.2 Å². The maximum atomic E-state index is 12.6. The second kappa shape index (κ2) is 8.50. The summed E-state index contributed by atoms with van der Waals surface area (Å²) in [5.41, 5.74) is 0.621. The highest BCUT2D eigenvalue weighted by atomic mass is 28.4. The van der Waals surface area contributed by atoms with Crippen LogP contribution in [0.5, 0.6) is 0 Å². The van der Waals surface area contributed by atoms with Crippen molar-refractivity contribution in [2.75, 3.05) is 0 Å². The van der Waals surface area contributed by atoms with Gasteiger partial charge in [-0.05, 0) is 49.5 Å². The topological polar surface area (TPSA) is 35.5 Å². The van der Waals surface area contributed by atoms with Gasteiger partial charge >= 0.3 is 5.97 Å². The zero-order chi connectivity index (χ0) is 18.5. The molecule has 0 spiro atoms. The molecule has 1 aliphatic rings. The van der Waals surface area contributed by atoms with Crippen LogP contribution < -0.4 is 0 Å². The first-order valence-electron chi connectivity index (χ1n) is 9.64. The number of hydrogen-bond acceptors (Lipinski definition) is 3. The monoisotopic (exact) mass is 362 g/mol. The van der Waals surface area contributed by atoms with E-state index in [2.05, 4.69) is 33.9 Å². The van der Waals surface area contributed by atoms with Crippen molar-refractivity contribution >= 4 is 14.3 Å². The fraction of sp³-hybridized carbons (Fsp3) is 0.667. The highest BCUT2D eigenvalue weighted by Gasteiger charge is 2.41. The summed E-state index contributed by atoms with van der Waals surface area (Å²) < 4.78 is 12.6. The van der Waals surface area contributed by atoms with Crippen molar-refractivity contribution in [1.82, 2.24) is 0 Å². The molecule has 4 heteroatoms. The van der Waals surface area contributed by atoms with E-state index in [9.17, 15) is 4.79 Å². The Bertz CT molecular complexity index is 548. The van der Waals surface area contributed by atoms with Crippen LogP contribution in [0.1, 0.15) is 69.7 Å². The van der Waals surface area contributed by atoms with Gasteiger partial charge in [-0.2, -0.15) is 0 Å². The molecule has 25 heavy (non-hydrogen) atoms. The Morgan fingerprint density at radius 2 is 1.52 bits per heavy atom. The maximum Gasteiger partial charge on any atom is 0.338 e. The van der Waals surface area contributed by atoms with Crippen LogP contribution in [0.3, 0.4) is 0 Å². The summed E-state index contributed by atoms with van der Waals surface area (Å²) in [6, 6.07) is 9.29. The number of carbonyl (C=O) groups is 1. The molecule has 1 aromatic carbocycles. The van der Waals surface area contributed by atoms with E-state index < -0.39 is 8.32 Å². The Morgan fingerprint density at radius 1 is 0.960 bits per heavy atom. The van der Waals surface area contributed by atoms with Crippen molar-refractivity contribution in [2.45, 2.75) is 89.6 Å². The van der Waals surface area contributed by atoms with E-state index in [1.807, 2.05) is 30.3 Å². The third-order valence-electron chi connectivity index (χ3n) is 5.66. The molecule has 0 amide bonds. The smallest absolute Gasteiger partial charge is 0.338 e. The second-order valence-corrected chi connectivity index (χ2v) is 13.5. The molecule has 0 aliphatic heterocycles. The summed E-state index contributed by atoms with van der Waals surface area (Å²) in [7, 11) is -1.89. The van der Waals surface area contributed by atoms with Gasteiger partial charge in [0.15, 0.2) is 8.32 Å². The quantitative estimate of drug-likeness (QED) is 0.490. The molecular weight excluding hydrogens is 328 g/mol. The standard InChI is InChI=1S/C21H34O3Si/c1-21(2,3)25(4,5)24-19-16-12-7-6-11-15-18(19)23-20(22)17-13-9-8-10-14-17/h8-10,13-14,18-19H,6-7,11-12,15-16H2,1-5H3/t18-,19+/m0/s1. The van der Waals surface area contributed by atoms with Gasteiger partial charge in [-0.1, -0.05) is 58.2 Å². The highest BCUT2D eigenvalue weighted by molar-refractivity contribution is 6.74. The number of ether oxygens (including phenoxy) is 1. The van der Waals surface area contributed by atoms with Crippen LogP contribution >= 0.6 is 0 Å². The molecule has 1 aliphatic carbocycles. The summed E-state index contributed by atoms with van der Waals surface area (Å²) in [4.78, 5) is 12.6. The van der Waals surface area contributed by atoms with Gasteiger partial charge < -0.3 is 9.16 Å². The van der Waals surface area contributed by atoms with Crippen LogP contribution in [0.2, 0.25) is 18.1 Å². The van der Waals surface area contributed by atoms with Crippen LogP contribution in [0.25, 0.3) is 0 Å². The Labute approximate surface area is 154 Å². The first-order valence-corrected chi connectivity index (χ1v) is 12.6. The normalized spacial score (nSPS) is 22.8. The SMILES string of the molecule is CC(C)(C)[Si](C)(C)O[C@@H]1CCCCCC[C@@H]1OC(=O)c1ccccc1. The van der Waals surface area contributed by atoms with Gasteiger partial charge in [0, 0.05) is 0 Å². The maximum absolute atomic E-state index is 12.6. The molecule has 2 atom stereocenters. The Hall–Kier alpha value is -1.13. The fourth-order valence-electron chi connectivity index (χ4n) is 3.02. The van der Waals surface area contributed by atoms with Crippen LogP contribution in [0, 0.1) is 0 Å². The zero-order valence-corrected chi connectivity index (χ0v) is 17.5. The summed E-state index contributed by atoms with van der Waals surface area (Å²) in [5.74, 6) is -0.227. The lowest BCUT2D eigenvalue weighted by Gasteiger charge is -2.41. The van der Waals surface area contributed by atoms with Crippen molar-refractivity contribution in [3.63, 3.8) is 0 Å². The first kappa shape index (κ1) is 20.2. The molecule has 0 N–H and O–H groups in total. The van der Waals surface area contributed by atoms with Gasteiger partial charge in [0.1, 0.15) is 6.10 Å². The van der Waals surface area contributed by atoms with Crippen molar-refractivity contribution in [3.8, 4) is 0 Å². The van der Waals surface area contributed by atoms with Gasteiger partial charge in [0.2, 0.25) is 0 Å². The van der Waals surface area contributed by atoms with Crippen LogP contribution in [0.4, 0.5) is 0 Å². The van der Waals surface area contributed by atoms with Crippen molar-refractivity contribution < 1.29 is 14.0 Å². The van der Waals surface area contributed by atoms with Crippen LogP contribution in [-0.4, -0.2) is 26.5 Å². The summed E-state index contributed by atoms with van der Waals surface area (Å²) in [5, 5.41) is 0.156. The largest absolute Gasteiger partial charge is 0.456 e. The molecule has 0 bridgehead atoms. The highest BCUT2D eigenvalue weighted by Crippen LogP contribution is 2.39. The van der Waals surface area contributed by atoms with Crippen molar-refractivity contribution in [1.29, 1.82) is 0 Å². The van der Waals surface area contributed by atoms with E-state index in [0.29, 0.717) is 5.56 Å². The zero-order valence-electron chi connectivity index (χ0n) is 16.5. The Morgan fingerprint density at radius 3 is 2.08 bits per heavy atom. The average Bonchev–Trinajstić information content (AvgIpc) is 2.53. The van der Waals surface area contributed by atoms with Gasteiger partial charge in [0.25, 0.3) is 0 Å². The van der Waals surface area contributed by atoms with Crippen molar-refractivity contribution in [2.24, 2.45) is 0 Å². The lowest BCUT2D eigenvalue weighted by atomic mass is 9.96. The molecule has 0 unspecified atom stereocenters. The number of carbonyl (C=O) groups excluding carboxylic acids is 1. The minimum Gasteiger partial charge on any atom is -0.456 e. The third kappa shape index (κ3) is 5.68. The minimum absolute atomic E-state index is 0.0221. The molecule has 1 saturated carbocycles. The molecule has 0 saturated heterocycles.